The van der Waals surface area contributed by atoms with Crippen LogP contribution in [0, 0.1) is 11.8 Å². The minimum absolute atomic E-state index is 0.0509. The van der Waals surface area contributed by atoms with Gasteiger partial charge in [0.1, 0.15) is 0 Å². The number of likely N-dealkylation sites (tertiary alicyclic amines) is 1. The summed E-state index contributed by atoms with van der Waals surface area (Å²) < 4.78 is 5.18. The fraction of sp³-hybridized carbons (Fsp3) is 0.684. The molecular formula is C19H28N2O3. The number of amides is 2. The summed E-state index contributed by atoms with van der Waals surface area (Å²) in [5.41, 5.74) is 0. The topological polar surface area (TPSA) is 53.8 Å². The van der Waals surface area contributed by atoms with Crippen LogP contribution in [0.4, 0.5) is 0 Å². The van der Waals surface area contributed by atoms with E-state index < -0.39 is 0 Å². The van der Waals surface area contributed by atoms with Gasteiger partial charge in [-0.15, -0.1) is 0 Å². The number of nitrogens with zero attached hydrogens (tertiary/aromatic N) is 2. The average Bonchev–Trinajstić information content (AvgIpc) is 3.15. The molecule has 0 atom stereocenters. The van der Waals surface area contributed by atoms with Crippen molar-refractivity contribution in [3.8, 4) is 0 Å². The maximum atomic E-state index is 12.8. The Hall–Kier alpha value is -1.78. The van der Waals surface area contributed by atoms with Crippen LogP contribution in [0.1, 0.15) is 56.0 Å². The molecule has 5 nitrogen and oxygen atoms in total. The molecular weight excluding hydrogens is 304 g/mol. The van der Waals surface area contributed by atoms with Crippen LogP contribution >= 0.6 is 0 Å². The molecule has 0 radical (unpaired) electrons. The Balaban J connectivity index is 1.50. The second-order valence-corrected chi connectivity index (χ2v) is 7.41. The van der Waals surface area contributed by atoms with Crippen LogP contribution in [0.25, 0.3) is 0 Å². The molecule has 2 fully saturated rings. The van der Waals surface area contributed by atoms with Crippen LogP contribution in [0.5, 0.6) is 0 Å². The van der Waals surface area contributed by atoms with Crippen LogP contribution < -0.4 is 0 Å². The highest BCUT2D eigenvalue weighted by atomic mass is 16.3. The Morgan fingerprint density at radius 3 is 2.38 bits per heavy atom. The maximum absolute atomic E-state index is 12.8. The van der Waals surface area contributed by atoms with Crippen LogP contribution in [0.15, 0.2) is 22.8 Å². The first-order chi connectivity index (χ1) is 11.6. The molecule has 2 aliphatic rings. The molecule has 0 aromatic carbocycles. The van der Waals surface area contributed by atoms with Gasteiger partial charge < -0.3 is 14.2 Å². The molecule has 1 saturated heterocycles. The van der Waals surface area contributed by atoms with Gasteiger partial charge in [-0.25, -0.2) is 0 Å². The van der Waals surface area contributed by atoms with Gasteiger partial charge in [-0.2, -0.15) is 0 Å². The van der Waals surface area contributed by atoms with Crippen LogP contribution in [0.2, 0.25) is 0 Å². The lowest BCUT2D eigenvalue weighted by atomic mass is 9.86. The Morgan fingerprint density at radius 2 is 1.79 bits per heavy atom. The average molecular weight is 332 g/mol. The van der Waals surface area contributed by atoms with Gasteiger partial charge in [0.25, 0.3) is 5.91 Å². The van der Waals surface area contributed by atoms with E-state index in [1.165, 1.54) is 19.1 Å². The highest BCUT2D eigenvalue weighted by Gasteiger charge is 2.33. The smallest absolute Gasteiger partial charge is 0.289 e. The highest BCUT2D eigenvalue weighted by molar-refractivity contribution is 5.91. The molecule has 1 aliphatic carbocycles. The van der Waals surface area contributed by atoms with Gasteiger partial charge >= 0.3 is 0 Å². The Morgan fingerprint density at radius 1 is 1.12 bits per heavy atom. The number of hydrogen-bond acceptors (Lipinski definition) is 3. The number of rotatable bonds is 3. The summed E-state index contributed by atoms with van der Waals surface area (Å²) in [5, 5.41) is 0. The van der Waals surface area contributed by atoms with Crippen molar-refractivity contribution in [3.05, 3.63) is 24.2 Å². The van der Waals surface area contributed by atoms with E-state index in [-0.39, 0.29) is 17.7 Å². The van der Waals surface area contributed by atoms with E-state index in [1.807, 2.05) is 11.9 Å². The lowest BCUT2D eigenvalue weighted by Crippen LogP contribution is -2.46. The van der Waals surface area contributed by atoms with Gasteiger partial charge in [-0.3, -0.25) is 9.59 Å². The van der Waals surface area contributed by atoms with Crippen molar-refractivity contribution in [1.29, 1.82) is 0 Å². The predicted octanol–water partition coefficient (Wildman–Crippen LogP) is 3.17. The van der Waals surface area contributed by atoms with Crippen molar-refractivity contribution in [2.75, 3.05) is 20.1 Å². The van der Waals surface area contributed by atoms with Gasteiger partial charge in [0.2, 0.25) is 5.91 Å². The monoisotopic (exact) mass is 332 g/mol. The van der Waals surface area contributed by atoms with Gasteiger partial charge in [-0.1, -0.05) is 6.92 Å². The fourth-order valence-corrected chi connectivity index (χ4v) is 3.98. The molecule has 0 N–H and O–H groups in total. The zero-order valence-electron chi connectivity index (χ0n) is 14.7. The molecule has 1 saturated carbocycles. The first-order valence-corrected chi connectivity index (χ1v) is 9.15. The lowest BCUT2D eigenvalue weighted by molar-refractivity contribution is -0.138. The molecule has 0 spiro atoms. The van der Waals surface area contributed by atoms with E-state index in [2.05, 4.69) is 6.92 Å². The van der Waals surface area contributed by atoms with Crippen molar-refractivity contribution in [1.82, 2.24) is 9.80 Å². The molecule has 5 heteroatoms. The van der Waals surface area contributed by atoms with Crippen molar-refractivity contribution < 1.29 is 14.0 Å². The molecule has 0 unspecified atom stereocenters. The minimum Gasteiger partial charge on any atom is -0.459 e. The molecule has 1 aromatic heterocycles. The number of piperidine rings is 1. The van der Waals surface area contributed by atoms with Crippen LogP contribution in [0.3, 0.4) is 0 Å². The van der Waals surface area contributed by atoms with E-state index in [1.54, 1.807) is 17.0 Å². The molecule has 24 heavy (non-hydrogen) atoms. The molecule has 0 bridgehead atoms. The third-order valence-corrected chi connectivity index (χ3v) is 5.74. The second-order valence-electron chi connectivity index (χ2n) is 7.41. The van der Waals surface area contributed by atoms with Gasteiger partial charge in [-0.05, 0) is 56.6 Å². The summed E-state index contributed by atoms with van der Waals surface area (Å²) in [6.07, 6.45) is 7.70. The van der Waals surface area contributed by atoms with Crippen LogP contribution in [-0.2, 0) is 4.79 Å². The van der Waals surface area contributed by atoms with E-state index in [9.17, 15) is 9.59 Å². The summed E-state index contributed by atoms with van der Waals surface area (Å²) >= 11 is 0. The molecule has 1 aromatic rings. The molecule has 1 aliphatic heterocycles. The minimum atomic E-state index is -0.0690. The molecule has 132 valence electrons. The summed E-state index contributed by atoms with van der Waals surface area (Å²) in [5.74, 6) is 1.42. The van der Waals surface area contributed by atoms with Gasteiger partial charge in [0.15, 0.2) is 5.76 Å². The quantitative estimate of drug-likeness (QED) is 0.854. The largest absolute Gasteiger partial charge is 0.459 e. The third kappa shape index (κ3) is 3.65. The number of carbonyl (C=O) groups is 2. The zero-order chi connectivity index (χ0) is 17.1. The first kappa shape index (κ1) is 17.1. The van der Waals surface area contributed by atoms with Crippen molar-refractivity contribution in [3.63, 3.8) is 0 Å². The zero-order valence-corrected chi connectivity index (χ0v) is 14.7. The van der Waals surface area contributed by atoms with E-state index >= 15 is 0 Å². The number of carbonyl (C=O) groups excluding carboxylic acids is 2. The predicted molar refractivity (Wildman–Crippen MR) is 91.5 cm³/mol. The Bertz CT molecular complexity index is 553. The van der Waals surface area contributed by atoms with Gasteiger partial charge in [0.05, 0.1) is 6.26 Å². The van der Waals surface area contributed by atoms with Gasteiger partial charge in [0, 0.05) is 32.1 Å². The lowest BCUT2D eigenvalue weighted by Gasteiger charge is -2.38. The number of hydrogen-bond donors (Lipinski definition) is 0. The van der Waals surface area contributed by atoms with Crippen molar-refractivity contribution in [2.45, 2.75) is 51.5 Å². The standard InChI is InChI=1S/C19H28N2O3/c1-14-5-7-16(8-6-14)20(2)18(22)15-9-11-21(12-10-15)19(23)17-4-3-13-24-17/h3-4,13-16H,5-12H2,1-2H3. The molecule has 2 heterocycles. The van der Waals surface area contributed by atoms with E-state index in [0.717, 1.165) is 31.6 Å². The van der Waals surface area contributed by atoms with E-state index in [0.29, 0.717) is 24.9 Å². The third-order valence-electron chi connectivity index (χ3n) is 5.74. The van der Waals surface area contributed by atoms with Crippen molar-refractivity contribution in [2.24, 2.45) is 11.8 Å². The van der Waals surface area contributed by atoms with Crippen LogP contribution in [-0.4, -0.2) is 47.8 Å². The molecule has 3 rings (SSSR count). The molecule has 2 amide bonds. The second kappa shape index (κ2) is 7.41. The first-order valence-electron chi connectivity index (χ1n) is 9.15. The summed E-state index contributed by atoms with van der Waals surface area (Å²) in [4.78, 5) is 28.9. The van der Waals surface area contributed by atoms with E-state index in [4.69, 9.17) is 4.42 Å². The van der Waals surface area contributed by atoms with Crippen molar-refractivity contribution >= 4 is 11.8 Å². The summed E-state index contributed by atoms with van der Waals surface area (Å²) in [6.45, 7) is 3.56. The summed E-state index contributed by atoms with van der Waals surface area (Å²) in [6, 6.07) is 3.82. The summed E-state index contributed by atoms with van der Waals surface area (Å²) in [7, 11) is 1.96. The number of furan rings is 1. The Labute approximate surface area is 144 Å². The maximum Gasteiger partial charge on any atom is 0.289 e. The normalized spacial score (nSPS) is 25.5. The Kier molecular flexibility index (Phi) is 5.27. The SMILES string of the molecule is CC1CCC(N(C)C(=O)C2CCN(C(=O)c3ccco3)CC2)CC1. The fourth-order valence-electron chi connectivity index (χ4n) is 3.98. The highest BCUT2D eigenvalue weighted by Crippen LogP contribution is 2.29.